The summed E-state index contributed by atoms with van der Waals surface area (Å²) in [6.45, 7) is 5.36. The minimum atomic E-state index is -0.737. The molecule has 1 atom stereocenters. The topological polar surface area (TPSA) is 103 Å². The lowest BCUT2D eigenvalue weighted by atomic mass is 9.95. The highest BCUT2D eigenvalue weighted by molar-refractivity contribution is 7.98. The van der Waals surface area contributed by atoms with Gasteiger partial charge in [-0.2, -0.15) is 0 Å². The summed E-state index contributed by atoms with van der Waals surface area (Å²) in [6, 6.07) is 15.7. The highest BCUT2D eigenvalue weighted by atomic mass is 35.5. The number of nitrogens with zero attached hydrogens (tertiary/aromatic N) is 4. The normalized spacial score (nSPS) is 12.4. The van der Waals surface area contributed by atoms with Gasteiger partial charge in [-0.25, -0.2) is 0 Å². The number of hydrogen-bond acceptors (Lipinski definition) is 6. The van der Waals surface area contributed by atoms with E-state index in [-0.39, 0.29) is 17.5 Å². The molecule has 8 nitrogen and oxygen atoms in total. The number of thioether (sulfide) groups is 1. The lowest BCUT2D eigenvalue weighted by molar-refractivity contribution is -0.384. The summed E-state index contributed by atoms with van der Waals surface area (Å²) in [6.07, 6.45) is 0. The number of non-ortho nitro benzene ring substituents is 1. The van der Waals surface area contributed by atoms with Gasteiger partial charge in [0.1, 0.15) is 0 Å². The van der Waals surface area contributed by atoms with Crippen LogP contribution >= 0.6 is 23.4 Å². The third-order valence-corrected chi connectivity index (χ3v) is 6.54. The van der Waals surface area contributed by atoms with Crippen LogP contribution in [0.5, 0.6) is 0 Å². The zero-order valence-corrected chi connectivity index (χ0v) is 19.6. The van der Waals surface area contributed by atoms with Crippen molar-refractivity contribution in [3.63, 3.8) is 0 Å². The molecule has 32 heavy (non-hydrogen) atoms. The molecule has 0 aliphatic rings. The quantitative estimate of drug-likeness (QED) is 0.205. The zero-order valence-electron chi connectivity index (χ0n) is 18.0. The Morgan fingerprint density at radius 3 is 2.44 bits per heavy atom. The number of hydrogen-bond donors (Lipinski definition) is 1. The number of aromatic nitrogens is 3. The van der Waals surface area contributed by atoms with Crippen LogP contribution in [0.3, 0.4) is 0 Å². The van der Waals surface area contributed by atoms with Gasteiger partial charge in [0.05, 0.1) is 16.4 Å². The van der Waals surface area contributed by atoms with Crippen molar-refractivity contribution in [1.29, 1.82) is 0 Å². The predicted octanol–water partition coefficient (Wildman–Crippen LogP) is 4.91. The summed E-state index contributed by atoms with van der Waals surface area (Å²) >= 11 is 7.43. The van der Waals surface area contributed by atoms with Crippen LogP contribution in [-0.4, -0.2) is 31.5 Å². The summed E-state index contributed by atoms with van der Waals surface area (Å²) in [7, 11) is 0. The van der Waals surface area contributed by atoms with Crippen LogP contribution in [0.4, 0.5) is 5.69 Å². The van der Waals surface area contributed by atoms with Gasteiger partial charge >= 0.3 is 0 Å². The fourth-order valence-electron chi connectivity index (χ4n) is 2.86. The second-order valence-corrected chi connectivity index (χ2v) is 9.15. The fraction of sp³-hybridized carbons (Fsp3) is 0.318. The first kappa shape index (κ1) is 23.7. The largest absolute Gasteiger partial charge is 0.346 e. The Balaban J connectivity index is 1.94. The number of nitrogens with one attached hydrogen (secondary N) is 1. The van der Waals surface area contributed by atoms with Gasteiger partial charge in [0.15, 0.2) is 11.0 Å². The molecule has 168 valence electrons. The number of alkyl halides is 1. The Morgan fingerprint density at radius 2 is 1.84 bits per heavy atom. The van der Waals surface area contributed by atoms with Crippen molar-refractivity contribution in [3.8, 4) is 5.69 Å². The van der Waals surface area contributed by atoms with Gasteiger partial charge < -0.3 is 5.32 Å². The van der Waals surface area contributed by atoms with Crippen molar-refractivity contribution < 1.29 is 9.72 Å². The van der Waals surface area contributed by atoms with E-state index in [4.69, 9.17) is 11.6 Å². The molecule has 1 amide bonds. The number of carbonyl (C=O) groups is 1. The van der Waals surface area contributed by atoms with Gasteiger partial charge in [-0.3, -0.25) is 19.5 Å². The molecule has 1 N–H and O–H groups in total. The van der Waals surface area contributed by atoms with E-state index in [2.05, 4.69) is 15.5 Å². The Labute approximate surface area is 195 Å². The second kappa shape index (κ2) is 10.1. The molecule has 10 heteroatoms. The molecule has 0 fully saturated rings. The van der Waals surface area contributed by atoms with E-state index >= 15 is 0 Å². The van der Waals surface area contributed by atoms with Crippen LogP contribution in [-0.2, 0) is 10.5 Å². The monoisotopic (exact) mass is 473 g/mol. The van der Waals surface area contributed by atoms with Crippen LogP contribution < -0.4 is 5.32 Å². The van der Waals surface area contributed by atoms with E-state index in [9.17, 15) is 14.9 Å². The lowest BCUT2D eigenvalue weighted by Gasteiger charge is -2.23. The molecule has 0 radical (unpaired) electrons. The van der Waals surface area contributed by atoms with E-state index < -0.39 is 16.4 Å². The molecule has 2 aromatic carbocycles. The average molecular weight is 474 g/mol. The van der Waals surface area contributed by atoms with Gasteiger partial charge in [0.2, 0.25) is 5.91 Å². The molecular formula is C22H24ClN5O3S. The number of halogens is 1. The summed E-state index contributed by atoms with van der Waals surface area (Å²) in [5, 5.41) is 23.3. The summed E-state index contributed by atoms with van der Waals surface area (Å²) in [4.78, 5) is 23.2. The van der Waals surface area contributed by atoms with E-state index in [1.54, 1.807) is 26.0 Å². The first-order chi connectivity index (χ1) is 15.2. The highest BCUT2D eigenvalue weighted by Gasteiger charge is 2.29. The summed E-state index contributed by atoms with van der Waals surface area (Å²) in [5.41, 5.74) is 1.05. The Bertz CT molecular complexity index is 1090. The molecule has 0 saturated heterocycles. The Hall–Kier alpha value is -2.91. The SMILES string of the molecule is CC(NC(=O)C(C)(C)CCl)c1nnc(SCc2ccccc2)n1-c1ccc([N+](=O)[O-])cc1. The standard InChI is InChI=1S/C22H24ClN5O3S/c1-15(24-20(29)22(2,3)14-23)19-25-26-21(32-13-16-7-5-4-6-8-16)27(19)17-9-11-18(12-10-17)28(30)31/h4-12,15H,13-14H2,1-3H3,(H,24,29). The zero-order chi connectivity index (χ0) is 23.3. The molecule has 0 aliphatic heterocycles. The minimum absolute atomic E-state index is 0.00734. The first-order valence-electron chi connectivity index (χ1n) is 9.96. The van der Waals surface area contributed by atoms with Crippen LogP contribution in [0.1, 0.15) is 38.2 Å². The molecule has 0 aliphatic carbocycles. The first-order valence-corrected chi connectivity index (χ1v) is 11.5. The van der Waals surface area contributed by atoms with Gasteiger partial charge in [-0.05, 0) is 38.5 Å². The number of rotatable bonds is 9. The van der Waals surface area contributed by atoms with Crippen LogP contribution in [0.2, 0.25) is 0 Å². The van der Waals surface area contributed by atoms with Crippen molar-refractivity contribution in [2.45, 2.75) is 37.7 Å². The van der Waals surface area contributed by atoms with Gasteiger partial charge in [-0.15, -0.1) is 21.8 Å². The maximum Gasteiger partial charge on any atom is 0.269 e. The predicted molar refractivity (Wildman–Crippen MR) is 125 cm³/mol. The van der Waals surface area contributed by atoms with Crippen molar-refractivity contribution in [2.75, 3.05) is 5.88 Å². The molecule has 1 unspecified atom stereocenters. The number of amides is 1. The summed E-state index contributed by atoms with van der Waals surface area (Å²) in [5.74, 6) is 1.18. The maximum atomic E-state index is 12.6. The third kappa shape index (κ3) is 5.46. The van der Waals surface area contributed by atoms with E-state index in [1.807, 2.05) is 41.8 Å². The van der Waals surface area contributed by atoms with Crippen LogP contribution in [0.15, 0.2) is 59.8 Å². The van der Waals surface area contributed by atoms with Gasteiger partial charge in [-0.1, -0.05) is 42.1 Å². The number of nitro groups is 1. The minimum Gasteiger partial charge on any atom is -0.346 e. The molecule has 0 spiro atoms. The molecule has 3 rings (SSSR count). The maximum absolute atomic E-state index is 12.6. The lowest BCUT2D eigenvalue weighted by Crippen LogP contribution is -2.40. The van der Waals surface area contributed by atoms with Crippen LogP contribution in [0, 0.1) is 15.5 Å². The molecule has 0 saturated carbocycles. The number of benzene rings is 2. The van der Waals surface area contributed by atoms with Crippen LogP contribution in [0.25, 0.3) is 5.69 Å². The molecule has 1 heterocycles. The molecule has 1 aromatic heterocycles. The highest BCUT2D eigenvalue weighted by Crippen LogP contribution is 2.29. The fourth-order valence-corrected chi connectivity index (χ4v) is 3.90. The number of nitro benzene ring substituents is 1. The second-order valence-electron chi connectivity index (χ2n) is 7.94. The van der Waals surface area contributed by atoms with Crippen molar-refractivity contribution in [3.05, 3.63) is 76.1 Å². The Morgan fingerprint density at radius 1 is 1.19 bits per heavy atom. The van der Waals surface area contributed by atoms with Gasteiger partial charge in [0, 0.05) is 29.5 Å². The van der Waals surface area contributed by atoms with Crippen molar-refractivity contribution in [2.24, 2.45) is 5.41 Å². The van der Waals surface area contributed by atoms with Gasteiger partial charge in [0.25, 0.3) is 5.69 Å². The van der Waals surface area contributed by atoms with E-state index in [0.29, 0.717) is 22.4 Å². The smallest absolute Gasteiger partial charge is 0.269 e. The van der Waals surface area contributed by atoms with E-state index in [1.165, 1.54) is 23.9 Å². The Kier molecular flexibility index (Phi) is 7.52. The number of carbonyl (C=O) groups excluding carboxylic acids is 1. The van der Waals surface area contributed by atoms with E-state index in [0.717, 1.165) is 5.56 Å². The van der Waals surface area contributed by atoms with Crippen molar-refractivity contribution >= 4 is 35.0 Å². The molecular weight excluding hydrogens is 450 g/mol. The molecule has 3 aromatic rings. The van der Waals surface area contributed by atoms with Crippen molar-refractivity contribution in [1.82, 2.24) is 20.1 Å². The molecule has 0 bridgehead atoms. The summed E-state index contributed by atoms with van der Waals surface area (Å²) < 4.78 is 1.82. The third-order valence-electron chi connectivity index (χ3n) is 4.87. The average Bonchev–Trinajstić information content (AvgIpc) is 3.22.